The van der Waals surface area contributed by atoms with E-state index in [9.17, 15) is 23.1 Å². The zero-order chi connectivity index (χ0) is 20.8. The molecule has 0 saturated carbocycles. The van der Waals surface area contributed by atoms with Crippen LogP contribution in [0.25, 0.3) is 0 Å². The molecule has 0 saturated heterocycles. The van der Waals surface area contributed by atoms with E-state index < -0.39 is 45.7 Å². The van der Waals surface area contributed by atoms with E-state index in [0.717, 1.165) is 6.07 Å². The molecule has 0 fully saturated rings. The van der Waals surface area contributed by atoms with E-state index in [0.29, 0.717) is 16.4 Å². The highest BCUT2D eigenvalue weighted by Gasteiger charge is 2.23. The summed E-state index contributed by atoms with van der Waals surface area (Å²) >= 11 is 7.53. The molecule has 1 unspecified atom stereocenters. The number of amides is 1. The molecule has 0 heterocycles. The second-order valence-electron chi connectivity index (χ2n) is 5.84. The summed E-state index contributed by atoms with van der Waals surface area (Å²) in [4.78, 5) is 17.3. The van der Waals surface area contributed by atoms with Gasteiger partial charge in [0.15, 0.2) is 11.6 Å². The Labute approximate surface area is 178 Å². The first kappa shape index (κ1) is 22.7. The monoisotopic (exact) mass is 528 g/mol. The fraction of sp³-hybridized carbons (Fsp3) is 0.278. The molecule has 0 aromatic heterocycles. The van der Waals surface area contributed by atoms with Crippen LogP contribution in [0, 0.1) is 21.0 Å². The van der Waals surface area contributed by atoms with Crippen LogP contribution < -0.4 is 10.8 Å². The molecule has 0 aliphatic carbocycles. The number of carbonyl (C=O) groups is 1. The van der Waals surface area contributed by atoms with Crippen molar-refractivity contribution in [2.24, 2.45) is 0 Å². The first-order valence-corrected chi connectivity index (χ1v) is 9.70. The number of hydrogen-bond donors (Lipinski definition) is 3. The Morgan fingerprint density at radius 2 is 2.00 bits per heavy atom. The van der Waals surface area contributed by atoms with Gasteiger partial charge in [-0.3, -0.25) is 9.63 Å². The Morgan fingerprint density at radius 3 is 2.64 bits per heavy atom. The van der Waals surface area contributed by atoms with Crippen LogP contribution in [-0.4, -0.2) is 23.7 Å². The summed E-state index contributed by atoms with van der Waals surface area (Å²) in [7, 11) is 0. The van der Waals surface area contributed by atoms with E-state index in [1.807, 2.05) is 35.0 Å². The van der Waals surface area contributed by atoms with Gasteiger partial charge in [-0.25, -0.2) is 18.7 Å². The number of aliphatic hydroxyl groups excluding tert-OH is 1. The number of benzene rings is 2. The predicted octanol–water partition coefficient (Wildman–Crippen LogP) is 4.93. The zero-order valence-electron chi connectivity index (χ0n) is 14.7. The second kappa shape index (κ2) is 10.3. The number of aliphatic hydroxyl groups is 1. The van der Waals surface area contributed by atoms with Gasteiger partial charge in [-0.2, -0.15) is 0 Å². The van der Waals surface area contributed by atoms with Crippen LogP contribution in [0.1, 0.15) is 30.1 Å². The van der Waals surface area contributed by atoms with Gasteiger partial charge in [-0.05, 0) is 53.3 Å². The first-order chi connectivity index (χ1) is 13.2. The van der Waals surface area contributed by atoms with Crippen LogP contribution in [0.5, 0.6) is 0 Å². The molecule has 1 amide bonds. The van der Waals surface area contributed by atoms with Gasteiger partial charge in [0.25, 0.3) is 5.91 Å². The highest BCUT2D eigenvalue weighted by molar-refractivity contribution is 14.1. The van der Waals surface area contributed by atoms with Gasteiger partial charge in [0.1, 0.15) is 12.4 Å². The number of nitrogens with one attached hydrogen (secondary N) is 2. The van der Waals surface area contributed by atoms with Crippen LogP contribution in [0.2, 0.25) is 5.02 Å². The summed E-state index contributed by atoms with van der Waals surface area (Å²) in [6.45, 7) is 1.68. The maximum atomic E-state index is 14.4. The van der Waals surface area contributed by atoms with Crippen molar-refractivity contribution in [3.8, 4) is 0 Å². The molecule has 0 aliphatic rings. The van der Waals surface area contributed by atoms with Crippen LogP contribution in [0.4, 0.5) is 24.5 Å². The maximum Gasteiger partial charge on any atom is 0.277 e. The van der Waals surface area contributed by atoms with Gasteiger partial charge in [0.05, 0.1) is 28.1 Å². The second-order valence-corrected chi connectivity index (χ2v) is 7.50. The number of hydrogen-bond acceptors (Lipinski definition) is 4. The van der Waals surface area contributed by atoms with E-state index in [-0.39, 0.29) is 12.3 Å². The van der Waals surface area contributed by atoms with Crippen molar-refractivity contribution in [1.29, 1.82) is 0 Å². The Balaban J connectivity index is 2.29. The molecule has 2 rings (SSSR count). The lowest BCUT2D eigenvalue weighted by molar-refractivity contribution is -0.0149. The Hall–Kier alpha value is -1.56. The smallest absolute Gasteiger partial charge is 0.277 e. The third kappa shape index (κ3) is 5.72. The van der Waals surface area contributed by atoms with Gasteiger partial charge in [0, 0.05) is 3.57 Å². The third-order valence-electron chi connectivity index (χ3n) is 3.66. The number of anilines is 2. The van der Waals surface area contributed by atoms with Crippen molar-refractivity contribution < 1.29 is 27.9 Å². The number of halogens is 5. The number of hydroxylamine groups is 1. The van der Waals surface area contributed by atoms with Crippen LogP contribution in [-0.2, 0) is 4.84 Å². The average Bonchev–Trinajstić information content (AvgIpc) is 2.63. The summed E-state index contributed by atoms with van der Waals surface area (Å²) in [6.07, 6.45) is 0.385. The summed E-state index contributed by atoms with van der Waals surface area (Å²) in [5.74, 6) is -4.49. The normalized spacial score (nSPS) is 12.0. The van der Waals surface area contributed by atoms with E-state index in [2.05, 4.69) is 5.32 Å². The lowest BCUT2D eigenvalue weighted by Gasteiger charge is -2.16. The number of rotatable bonds is 8. The van der Waals surface area contributed by atoms with Crippen molar-refractivity contribution in [2.45, 2.75) is 25.9 Å². The van der Waals surface area contributed by atoms with Crippen molar-refractivity contribution in [3.05, 3.63) is 55.9 Å². The van der Waals surface area contributed by atoms with E-state index in [1.165, 1.54) is 12.1 Å². The molecular weight excluding hydrogens is 512 g/mol. The van der Waals surface area contributed by atoms with Crippen molar-refractivity contribution in [3.63, 3.8) is 0 Å². The molecular formula is C18H17ClF3IN2O3. The summed E-state index contributed by atoms with van der Waals surface area (Å²) in [6, 6.07) is 4.95. The molecule has 3 N–H and O–H groups in total. The quantitative estimate of drug-likeness (QED) is 0.258. The third-order valence-corrected chi connectivity index (χ3v) is 4.61. The van der Waals surface area contributed by atoms with Gasteiger partial charge < -0.3 is 10.4 Å². The Bertz CT molecular complexity index is 870. The SMILES string of the molecule is CCCC(O)CONC(=O)c1cc(Cl)c(F)c(F)c1Nc1ccc(I)cc1F. The molecule has 28 heavy (non-hydrogen) atoms. The summed E-state index contributed by atoms with van der Waals surface area (Å²) in [5.41, 5.74) is 0.876. The fourth-order valence-electron chi connectivity index (χ4n) is 2.30. The van der Waals surface area contributed by atoms with E-state index >= 15 is 0 Å². The fourth-order valence-corrected chi connectivity index (χ4v) is 2.94. The minimum atomic E-state index is -1.44. The highest BCUT2D eigenvalue weighted by atomic mass is 127. The predicted molar refractivity (Wildman–Crippen MR) is 108 cm³/mol. The van der Waals surface area contributed by atoms with Gasteiger partial charge in [0.2, 0.25) is 0 Å². The first-order valence-electron chi connectivity index (χ1n) is 8.24. The van der Waals surface area contributed by atoms with E-state index in [4.69, 9.17) is 16.4 Å². The van der Waals surface area contributed by atoms with Crippen molar-refractivity contribution in [2.75, 3.05) is 11.9 Å². The molecule has 0 aliphatic heterocycles. The molecule has 0 radical (unpaired) electrons. The van der Waals surface area contributed by atoms with Crippen molar-refractivity contribution >= 4 is 51.5 Å². The molecule has 1 atom stereocenters. The molecule has 2 aromatic rings. The summed E-state index contributed by atoms with van der Waals surface area (Å²) < 4.78 is 43.0. The van der Waals surface area contributed by atoms with Gasteiger partial charge in [-0.1, -0.05) is 24.9 Å². The average molecular weight is 529 g/mol. The molecule has 5 nitrogen and oxygen atoms in total. The molecule has 0 spiro atoms. The standard InChI is InChI=1S/C18H17ClF3IN2O3/c1-2-3-10(26)8-28-25-18(27)11-7-12(19)15(21)16(22)17(11)24-14-5-4-9(23)6-13(14)20/h4-7,10,24,26H,2-3,8H2,1H3,(H,25,27). The Morgan fingerprint density at radius 1 is 1.29 bits per heavy atom. The topological polar surface area (TPSA) is 70.6 Å². The maximum absolute atomic E-state index is 14.4. The minimum absolute atomic E-state index is 0.158. The Kier molecular flexibility index (Phi) is 8.35. The zero-order valence-corrected chi connectivity index (χ0v) is 17.6. The largest absolute Gasteiger partial charge is 0.391 e. The van der Waals surface area contributed by atoms with E-state index in [1.54, 1.807) is 6.07 Å². The summed E-state index contributed by atoms with van der Waals surface area (Å²) in [5, 5.41) is 11.4. The minimum Gasteiger partial charge on any atom is -0.391 e. The lowest BCUT2D eigenvalue weighted by atomic mass is 10.1. The lowest BCUT2D eigenvalue weighted by Crippen LogP contribution is -2.29. The molecule has 2 aromatic carbocycles. The van der Waals surface area contributed by atoms with Crippen LogP contribution in [0.15, 0.2) is 24.3 Å². The van der Waals surface area contributed by atoms with Gasteiger partial charge in [-0.15, -0.1) is 0 Å². The van der Waals surface area contributed by atoms with Crippen molar-refractivity contribution in [1.82, 2.24) is 5.48 Å². The van der Waals surface area contributed by atoms with Crippen LogP contribution in [0.3, 0.4) is 0 Å². The number of carbonyl (C=O) groups excluding carboxylic acids is 1. The highest BCUT2D eigenvalue weighted by Crippen LogP contribution is 2.32. The molecule has 10 heteroatoms. The molecule has 152 valence electrons. The van der Waals surface area contributed by atoms with Crippen LogP contribution >= 0.6 is 34.2 Å². The van der Waals surface area contributed by atoms with Gasteiger partial charge >= 0.3 is 0 Å². The molecule has 0 bridgehead atoms.